The fourth-order valence-corrected chi connectivity index (χ4v) is 4.79. The van der Waals surface area contributed by atoms with Crippen LogP contribution in [0.3, 0.4) is 0 Å². The molecule has 0 spiro atoms. The monoisotopic (exact) mass is 473 g/mol. The molecule has 2 aromatic rings. The van der Waals surface area contributed by atoms with Crippen LogP contribution in [0.4, 0.5) is 0 Å². The van der Waals surface area contributed by atoms with Crippen LogP contribution in [0.5, 0.6) is 0 Å². The molecule has 8 heteroatoms. The van der Waals surface area contributed by atoms with Crippen LogP contribution in [0.1, 0.15) is 41.6 Å². The van der Waals surface area contributed by atoms with Gasteiger partial charge in [-0.2, -0.15) is 0 Å². The lowest BCUT2D eigenvalue weighted by Crippen LogP contribution is -2.52. The number of hydrogen-bond acceptors (Lipinski definition) is 3. The maximum absolute atomic E-state index is 13.4. The van der Waals surface area contributed by atoms with E-state index in [0.29, 0.717) is 48.1 Å². The summed E-state index contributed by atoms with van der Waals surface area (Å²) in [5.41, 5.74) is 1.33. The Morgan fingerprint density at radius 3 is 2.25 bits per heavy atom. The Kier molecular flexibility index (Phi) is 7.01. The van der Waals surface area contributed by atoms with E-state index in [0.717, 1.165) is 18.4 Å². The van der Waals surface area contributed by atoms with Gasteiger partial charge < -0.3 is 15.1 Å². The zero-order chi connectivity index (χ0) is 22.7. The Hall–Kier alpha value is -2.57. The van der Waals surface area contributed by atoms with Gasteiger partial charge in [0.15, 0.2) is 0 Å². The highest BCUT2D eigenvalue weighted by atomic mass is 35.5. The van der Waals surface area contributed by atoms with Crippen molar-refractivity contribution in [1.82, 2.24) is 15.1 Å². The molecule has 1 N–H and O–H groups in total. The highest BCUT2D eigenvalue weighted by Crippen LogP contribution is 2.27. The topological polar surface area (TPSA) is 69.7 Å². The number of rotatable bonds is 5. The van der Waals surface area contributed by atoms with Gasteiger partial charge in [-0.05, 0) is 61.6 Å². The van der Waals surface area contributed by atoms with Crippen molar-refractivity contribution in [2.45, 2.75) is 44.3 Å². The first-order chi connectivity index (χ1) is 15.5. The summed E-state index contributed by atoms with van der Waals surface area (Å²) < 4.78 is 0. The maximum atomic E-state index is 13.4. The van der Waals surface area contributed by atoms with Crippen LogP contribution in [-0.4, -0.2) is 52.7 Å². The van der Waals surface area contributed by atoms with Gasteiger partial charge in [0.25, 0.3) is 5.91 Å². The second-order valence-electron chi connectivity index (χ2n) is 8.16. The zero-order valence-electron chi connectivity index (χ0n) is 17.6. The van der Waals surface area contributed by atoms with E-state index in [9.17, 15) is 14.4 Å². The van der Waals surface area contributed by atoms with Crippen LogP contribution < -0.4 is 5.32 Å². The van der Waals surface area contributed by atoms with Crippen LogP contribution in [0.15, 0.2) is 48.5 Å². The van der Waals surface area contributed by atoms with Crippen LogP contribution >= 0.6 is 23.2 Å². The average molecular weight is 474 g/mol. The van der Waals surface area contributed by atoms with Crippen LogP contribution in [-0.2, 0) is 16.1 Å². The molecule has 2 aliphatic heterocycles. The summed E-state index contributed by atoms with van der Waals surface area (Å²) in [5.74, 6) is -0.527. The first-order valence-corrected chi connectivity index (χ1v) is 11.6. The van der Waals surface area contributed by atoms with Crippen molar-refractivity contribution in [3.8, 4) is 0 Å². The molecule has 0 radical (unpaired) electrons. The van der Waals surface area contributed by atoms with Crippen molar-refractivity contribution in [2.75, 3.05) is 13.1 Å². The molecule has 0 aromatic heterocycles. The molecule has 32 heavy (non-hydrogen) atoms. The number of hydrogen-bond donors (Lipinski definition) is 1. The third-order valence-electron chi connectivity index (χ3n) is 6.14. The molecule has 0 unspecified atom stereocenters. The Bertz CT molecular complexity index is 1010. The number of carbonyl (C=O) groups is 3. The number of nitrogens with zero attached hydrogens (tertiary/aromatic N) is 2. The van der Waals surface area contributed by atoms with Gasteiger partial charge >= 0.3 is 0 Å². The van der Waals surface area contributed by atoms with Crippen molar-refractivity contribution in [2.24, 2.45) is 0 Å². The Morgan fingerprint density at radius 1 is 0.875 bits per heavy atom. The Balaban J connectivity index is 1.43. The first-order valence-electron chi connectivity index (χ1n) is 10.8. The molecule has 4 rings (SSSR count). The molecule has 2 heterocycles. The number of amides is 3. The largest absolute Gasteiger partial charge is 0.350 e. The van der Waals surface area contributed by atoms with Gasteiger partial charge in [0.1, 0.15) is 12.1 Å². The summed E-state index contributed by atoms with van der Waals surface area (Å²) in [5, 5.41) is 4.06. The quantitative estimate of drug-likeness (QED) is 0.715. The SMILES string of the molecule is O=C(NCc1ccccc1Cl)[C@H]1CCCN1C(=O)[C@H]1CCCN1C(=O)c1ccc(Cl)cc1. The van der Waals surface area contributed by atoms with Gasteiger partial charge in [0.05, 0.1) is 0 Å². The molecule has 2 saturated heterocycles. The molecule has 2 atom stereocenters. The first kappa shape index (κ1) is 22.6. The van der Waals surface area contributed by atoms with E-state index in [1.165, 1.54) is 0 Å². The predicted octanol–water partition coefficient (Wildman–Crippen LogP) is 3.91. The summed E-state index contributed by atoms with van der Waals surface area (Å²) >= 11 is 12.1. The van der Waals surface area contributed by atoms with E-state index < -0.39 is 12.1 Å². The van der Waals surface area contributed by atoms with E-state index in [4.69, 9.17) is 23.2 Å². The Morgan fingerprint density at radius 2 is 1.53 bits per heavy atom. The lowest BCUT2D eigenvalue weighted by molar-refractivity contribution is -0.141. The molecule has 0 saturated carbocycles. The van der Waals surface area contributed by atoms with Crippen molar-refractivity contribution < 1.29 is 14.4 Å². The third-order valence-corrected chi connectivity index (χ3v) is 6.76. The van der Waals surface area contributed by atoms with Crippen molar-refractivity contribution in [3.63, 3.8) is 0 Å². The fourth-order valence-electron chi connectivity index (χ4n) is 4.46. The van der Waals surface area contributed by atoms with Gasteiger partial charge in [0, 0.05) is 35.2 Å². The van der Waals surface area contributed by atoms with Crippen LogP contribution in [0.2, 0.25) is 10.0 Å². The molecule has 2 fully saturated rings. The normalized spacial score (nSPS) is 20.4. The molecule has 0 aliphatic carbocycles. The highest BCUT2D eigenvalue weighted by Gasteiger charge is 2.42. The molecule has 0 bridgehead atoms. The zero-order valence-corrected chi connectivity index (χ0v) is 19.1. The third kappa shape index (κ3) is 4.76. The second kappa shape index (κ2) is 9.92. The van der Waals surface area contributed by atoms with Gasteiger partial charge in [0.2, 0.25) is 11.8 Å². The molecular formula is C24H25Cl2N3O3. The van der Waals surface area contributed by atoms with Gasteiger partial charge in [-0.3, -0.25) is 14.4 Å². The highest BCUT2D eigenvalue weighted by molar-refractivity contribution is 6.31. The van der Waals surface area contributed by atoms with Gasteiger partial charge in [-0.15, -0.1) is 0 Å². The smallest absolute Gasteiger partial charge is 0.254 e. The number of nitrogens with one attached hydrogen (secondary N) is 1. The van der Waals surface area contributed by atoms with Crippen molar-refractivity contribution >= 4 is 40.9 Å². The number of benzene rings is 2. The van der Waals surface area contributed by atoms with E-state index in [1.54, 1.807) is 40.1 Å². The standard InChI is InChI=1S/C24H25Cl2N3O3/c25-18-11-9-16(10-12-18)23(31)29-14-4-8-21(29)24(32)28-13-3-7-20(28)22(30)27-15-17-5-1-2-6-19(17)26/h1-2,5-6,9-12,20-21H,3-4,7-8,13-15H2,(H,27,30)/t20-,21-/m1/s1. The van der Waals surface area contributed by atoms with E-state index in [1.807, 2.05) is 18.2 Å². The molecule has 2 aromatic carbocycles. The predicted molar refractivity (Wildman–Crippen MR) is 124 cm³/mol. The molecule has 2 aliphatic rings. The minimum absolute atomic E-state index is 0.153. The summed E-state index contributed by atoms with van der Waals surface area (Å²) in [7, 11) is 0. The molecule has 3 amide bonds. The van der Waals surface area contributed by atoms with E-state index in [2.05, 4.69) is 5.32 Å². The van der Waals surface area contributed by atoms with Crippen LogP contribution in [0, 0.1) is 0 Å². The van der Waals surface area contributed by atoms with Crippen LogP contribution in [0.25, 0.3) is 0 Å². The summed E-state index contributed by atoms with van der Waals surface area (Å²) in [6, 6.07) is 12.9. The minimum Gasteiger partial charge on any atom is -0.350 e. The maximum Gasteiger partial charge on any atom is 0.254 e. The fraction of sp³-hybridized carbons (Fsp3) is 0.375. The lowest BCUT2D eigenvalue weighted by Gasteiger charge is -2.31. The van der Waals surface area contributed by atoms with Crippen molar-refractivity contribution in [1.29, 1.82) is 0 Å². The number of likely N-dealkylation sites (tertiary alicyclic amines) is 2. The van der Waals surface area contributed by atoms with Crippen molar-refractivity contribution in [3.05, 3.63) is 69.7 Å². The number of halogens is 2. The second-order valence-corrected chi connectivity index (χ2v) is 9.01. The molecule has 6 nitrogen and oxygen atoms in total. The van der Waals surface area contributed by atoms with Gasteiger partial charge in [-0.1, -0.05) is 41.4 Å². The summed E-state index contributed by atoms with van der Waals surface area (Å²) in [6.07, 6.45) is 2.72. The summed E-state index contributed by atoms with van der Waals surface area (Å²) in [4.78, 5) is 42.6. The average Bonchev–Trinajstić information content (AvgIpc) is 3.48. The van der Waals surface area contributed by atoms with E-state index >= 15 is 0 Å². The minimum atomic E-state index is -0.546. The van der Waals surface area contributed by atoms with Gasteiger partial charge in [-0.25, -0.2) is 0 Å². The Labute approximate surface area is 197 Å². The number of carbonyl (C=O) groups excluding carboxylic acids is 3. The molecular weight excluding hydrogens is 449 g/mol. The lowest BCUT2D eigenvalue weighted by atomic mass is 10.1. The van der Waals surface area contributed by atoms with E-state index in [-0.39, 0.29) is 17.7 Å². The summed E-state index contributed by atoms with van der Waals surface area (Å²) in [6.45, 7) is 1.35. The molecule has 168 valence electrons.